The fourth-order valence-corrected chi connectivity index (χ4v) is 3.13. The standard InChI is InChI=1S/C15H23N3O2S/c1-5-16-14-13-10(3)11(4)21-15(13)18-12(17-14)9-20-8-7-19-6-2/h5-9H2,1-4H3,(H,16,17,18). The molecule has 2 aromatic rings. The molecule has 2 rings (SSSR count). The lowest BCUT2D eigenvalue weighted by atomic mass is 10.2. The lowest BCUT2D eigenvalue weighted by Crippen LogP contribution is -2.08. The zero-order chi connectivity index (χ0) is 15.2. The van der Waals surface area contributed by atoms with E-state index in [4.69, 9.17) is 9.47 Å². The Balaban J connectivity index is 2.17. The molecule has 0 aliphatic carbocycles. The molecule has 0 radical (unpaired) electrons. The van der Waals surface area contributed by atoms with E-state index in [1.807, 2.05) is 6.92 Å². The third kappa shape index (κ3) is 3.90. The van der Waals surface area contributed by atoms with Crippen molar-refractivity contribution < 1.29 is 9.47 Å². The first-order valence-corrected chi connectivity index (χ1v) is 8.15. The maximum atomic E-state index is 5.57. The highest BCUT2D eigenvalue weighted by Gasteiger charge is 2.14. The summed E-state index contributed by atoms with van der Waals surface area (Å²) in [5.41, 5.74) is 1.26. The van der Waals surface area contributed by atoms with Crippen molar-refractivity contribution in [1.29, 1.82) is 0 Å². The Morgan fingerprint density at radius 2 is 1.86 bits per heavy atom. The van der Waals surface area contributed by atoms with Crippen LogP contribution in [-0.4, -0.2) is 36.3 Å². The SMILES string of the molecule is CCNc1nc(COCCOCC)nc2sc(C)c(C)c12. The van der Waals surface area contributed by atoms with E-state index >= 15 is 0 Å². The van der Waals surface area contributed by atoms with E-state index in [1.54, 1.807) is 11.3 Å². The van der Waals surface area contributed by atoms with Crippen molar-refractivity contribution in [3.05, 3.63) is 16.3 Å². The van der Waals surface area contributed by atoms with Crippen molar-refractivity contribution in [1.82, 2.24) is 9.97 Å². The van der Waals surface area contributed by atoms with Crippen LogP contribution in [0.5, 0.6) is 0 Å². The maximum Gasteiger partial charge on any atom is 0.158 e. The summed E-state index contributed by atoms with van der Waals surface area (Å²) >= 11 is 1.71. The molecule has 0 aromatic carbocycles. The van der Waals surface area contributed by atoms with Crippen molar-refractivity contribution in [2.75, 3.05) is 31.7 Å². The molecule has 5 nitrogen and oxygen atoms in total. The third-order valence-electron chi connectivity index (χ3n) is 3.23. The van der Waals surface area contributed by atoms with Crippen LogP contribution in [0.1, 0.15) is 30.1 Å². The number of hydrogen-bond donors (Lipinski definition) is 1. The van der Waals surface area contributed by atoms with Gasteiger partial charge >= 0.3 is 0 Å². The maximum absolute atomic E-state index is 5.57. The molecule has 6 heteroatoms. The van der Waals surface area contributed by atoms with E-state index in [0.717, 1.165) is 28.4 Å². The fraction of sp³-hybridized carbons (Fsp3) is 0.600. The summed E-state index contributed by atoms with van der Waals surface area (Å²) in [6.07, 6.45) is 0. The number of ether oxygens (including phenoxy) is 2. The molecule has 0 saturated carbocycles. The first-order valence-electron chi connectivity index (χ1n) is 7.33. The number of nitrogens with one attached hydrogen (secondary N) is 1. The molecule has 0 spiro atoms. The van der Waals surface area contributed by atoms with Crippen LogP contribution in [0, 0.1) is 13.8 Å². The number of anilines is 1. The van der Waals surface area contributed by atoms with Crippen LogP contribution < -0.4 is 5.32 Å². The number of aryl methyl sites for hydroxylation is 2. The molecular weight excluding hydrogens is 286 g/mol. The first-order chi connectivity index (χ1) is 10.2. The molecule has 0 atom stereocenters. The van der Waals surface area contributed by atoms with Crippen LogP contribution in [0.25, 0.3) is 10.2 Å². The summed E-state index contributed by atoms with van der Waals surface area (Å²) < 4.78 is 10.8. The lowest BCUT2D eigenvalue weighted by Gasteiger charge is -2.08. The van der Waals surface area contributed by atoms with Gasteiger partial charge in [-0.15, -0.1) is 11.3 Å². The van der Waals surface area contributed by atoms with Crippen LogP contribution in [0.4, 0.5) is 5.82 Å². The molecule has 0 amide bonds. The Kier molecular flexibility index (Phi) is 5.90. The van der Waals surface area contributed by atoms with Gasteiger partial charge in [-0.3, -0.25) is 0 Å². The van der Waals surface area contributed by atoms with Crippen molar-refractivity contribution in [2.45, 2.75) is 34.3 Å². The van der Waals surface area contributed by atoms with Gasteiger partial charge in [-0.05, 0) is 33.3 Å². The van der Waals surface area contributed by atoms with E-state index < -0.39 is 0 Å². The van der Waals surface area contributed by atoms with Crippen molar-refractivity contribution >= 4 is 27.4 Å². The molecule has 2 heterocycles. The van der Waals surface area contributed by atoms with Crippen molar-refractivity contribution in [2.24, 2.45) is 0 Å². The van der Waals surface area contributed by atoms with Gasteiger partial charge in [0.15, 0.2) is 5.82 Å². The molecule has 1 N–H and O–H groups in total. The monoisotopic (exact) mass is 309 g/mol. The smallest absolute Gasteiger partial charge is 0.158 e. The third-order valence-corrected chi connectivity index (χ3v) is 4.33. The van der Waals surface area contributed by atoms with Crippen molar-refractivity contribution in [3.8, 4) is 0 Å². The molecular formula is C15H23N3O2S. The highest BCUT2D eigenvalue weighted by atomic mass is 32.1. The Hall–Kier alpha value is -1.24. The summed E-state index contributed by atoms with van der Waals surface area (Å²) in [4.78, 5) is 11.5. The van der Waals surface area contributed by atoms with Gasteiger partial charge in [0.2, 0.25) is 0 Å². The minimum absolute atomic E-state index is 0.414. The zero-order valence-electron chi connectivity index (χ0n) is 13.2. The Morgan fingerprint density at radius 1 is 1.10 bits per heavy atom. The molecule has 0 aliphatic rings. The molecule has 0 aliphatic heterocycles. The average Bonchev–Trinajstić information content (AvgIpc) is 2.74. The van der Waals surface area contributed by atoms with Gasteiger partial charge in [-0.1, -0.05) is 0 Å². The first kappa shape index (κ1) is 16.1. The normalized spacial score (nSPS) is 11.2. The van der Waals surface area contributed by atoms with Gasteiger partial charge in [0, 0.05) is 18.0 Å². The van der Waals surface area contributed by atoms with Crippen LogP contribution in [0.3, 0.4) is 0 Å². The second kappa shape index (κ2) is 7.68. The Labute approximate surface area is 129 Å². The topological polar surface area (TPSA) is 56.3 Å². The van der Waals surface area contributed by atoms with Gasteiger partial charge < -0.3 is 14.8 Å². The molecule has 2 aromatic heterocycles. The Bertz CT molecular complexity index is 598. The molecule has 0 unspecified atom stereocenters. The Morgan fingerprint density at radius 3 is 2.57 bits per heavy atom. The lowest BCUT2D eigenvalue weighted by molar-refractivity contribution is 0.0430. The van der Waals surface area contributed by atoms with Crippen LogP contribution in [0.2, 0.25) is 0 Å². The summed E-state index contributed by atoms with van der Waals surface area (Å²) in [7, 11) is 0. The molecule has 116 valence electrons. The number of aromatic nitrogens is 2. The zero-order valence-corrected chi connectivity index (χ0v) is 14.0. The number of fused-ring (bicyclic) bond motifs is 1. The number of thiophene rings is 1. The van der Waals surface area contributed by atoms with Gasteiger partial charge in [-0.2, -0.15) is 0 Å². The van der Waals surface area contributed by atoms with Crippen LogP contribution in [0.15, 0.2) is 0 Å². The van der Waals surface area contributed by atoms with Gasteiger partial charge in [0.25, 0.3) is 0 Å². The molecule has 0 fully saturated rings. The van der Waals surface area contributed by atoms with E-state index in [0.29, 0.717) is 26.4 Å². The number of nitrogens with zero attached hydrogens (tertiary/aromatic N) is 2. The summed E-state index contributed by atoms with van der Waals surface area (Å²) in [5.74, 6) is 1.63. The van der Waals surface area contributed by atoms with Gasteiger partial charge in [0.05, 0.1) is 18.6 Å². The summed E-state index contributed by atoms with van der Waals surface area (Å²) in [6.45, 7) is 11.4. The van der Waals surface area contributed by atoms with Gasteiger partial charge in [-0.25, -0.2) is 9.97 Å². The average molecular weight is 309 g/mol. The van der Waals surface area contributed by atoms with Crippen LogP contribution in [-0.2, 0) is 16.1 Å². The van der Waals surface area contributed by atoms with E-state index in [2.05, 4.69) is 36.1 Å². The molecule has 0 bridgehead atoms. The van der Waals surface area contributed by atoms with E-state index in [1.165, 1.54) is 10.4 Å². The van der Waals surface area contributed by atoms with E-state index in [-0.39, 0.29) is 0 Å². The highest BCUT2D eigenvalue weighted by molar-refractivity contribution is 7.18. The highest BCUT2D eigenvalue weighted by Crippen LogP contribution is 2.33. The minimum atomic E-state index is 0.414. The molecule has 21 heavy (non-hydrogen) atoms. The second-order valence-electron chi connectivity index (χ2n) is 4.73. The predicted octanol–water partition coefficient (Wildman–Crippen LogP) is 3.29. The number of hydrogen-bond acceptors (Lipinski definition) is 6. The summed E-state index contributed by atoms with van der Waals surface area (Å²) in [6, 6.07) is 0. The molecule has 0 saturated heterocycles. The quantitative estimate of drug-likeness (QED) is 0.758. The summed E-state index contributed by atoms with van der Waals surface area (Å²) in [5, 5.41) is 4.47. The van der Waals surface area contributed by atoms with E-state index in [9.17, 15) is 0 Å². The van der Waals surface area contributed by atoms with Crippen LogP contribution >= 0.6 is 11.3 Å². The predicted molar refractivity (Wildman–Crippen MR) is 87.2 cm³/mol. The fourth-order valence-electron chi connectivity index (χ4n) is 2.08. The number of rotatable bonds is 8. The van der Waals surface area contributed by atoms with Crippen molar-refractivity contribution in [3.63, 3.8) is 0 Å². The largest absolute Gasteiger partial charge is 0.379 e. The second-order valence-corrected chi connectivity index (χ2v) is 5.93. The van der Waals surface area contributed by atoms with Gasteiger partial charge in [0.1, 0.15) is 17.3 Å². The minimum Gasteiger partial charge on any atom is -0.379 e.